The summed E-state index contributed by atoms with van der Waals surface area (Å²) in [6.45, 7) is 1.92. The van der Waals surface area contributed by atoms with E-state index in [9.17, 15) is 9.59 Å². The molecule has 2 aromatic rings. The van der Waals surface area contributed by atoms with Gasteiger partial charge in [0.2, 0.25) is 11.9 Å². The van der Waals surface area contributed by atoms with Crippen molar-refractivity contribution < 1.29 is 9.59 Å². The van der Waals surface area contributed by atoms with E-state index < -0.39 is 6.04 Å². The Labute approximate surface area is 115 Å². The van der Waals surface area contributed by atoms with Crippen molar-refractivity contribution in [3.05, 3.63) is 17.8 Å². The van der Waals surface area contributed by atoms with Gasteiger partial charge < -0.3 is 5.73 Å². The number of anilines is 1. The maximum absolute atomic E-state index is 12.3. The highest BCUT2D eigenvalue weighted by Crippen LogP contribution is 2.29. The molecule has 3 heterocycles. The van der Waals surface area contributed by atoms with Crippen molar-refractivity contribution in [2.24, 2.45) is 0 Å². The van der Waals surface area contributed by atoms with Crippen molar-refractivity contribution in [2.45, 2.75) is 25.8 Å². The first-order chi connectivity index (χ1) is 9.50. The molecule has 7 heteroatoms. The van der Waals surface area contributed by atoms with Gasteiger partial charge >= 0.3 is 0 Å². The largest absolute Gasteiger partial charge is 0.369 e. The lowest BCUT2D eigenvalue weighted by Crippen LogP contribution is -2.43. The number of carbonyl (C=O) groups is 2. The summed E-state index contributed by atoms with van der Waals surface area (Å²) in [5, 5.41) is 0. The smallest absolute Gasteiger partial charge is 0.252 e. The molecule has 1 aliphatic rings. The standard InChI is InChI=1S/C13H15N5O2/c1-7-5-6-15-11-10(7)16-13(14)18(11)8-3-4-9(19)17(2)12(8)20/h5-6,8H,3-4H2,1-2H3,(H2,14,16). The molecule has 1 saturated heterocycles. The second-order valence-electron chi connectivity index (χ2n) is 4.99. The number of nitrogens with zero attached hydrogens (tertiary/aromatic N) is 4. The maximum Gasteiger partial charge on any atom is 0.252 e. The number of nitrogen functional groups attached to an aromatic ring is 1. The number of aryl methyl sites for hydroxylation is 1. The number of fused-ring (bicyclic) bond motifs is 1. The predicted octanol–water partition coefficient (Wildman–Crippen LogP) is 0.642. The first-order valence-electron chi connectivity index (χ1n) is 6.40. The van der Waals surface area contributed by atoms with E-state index in [2.05, 4.69) is 9.97 Å². The van der Waals surface area contributed by atoms with Crippen LogP contribution in [0.3, 0.4) is 0 Å². The molecule has 2 N–H and O–H groups in total. The van der Waals surface area contributed by atoms with Crippen LogP contribution in [0.5, 0.6) is 0 Å². The molecule has 0 bridgehead atoms. The molecule has 2 amide bonds. The van der Waals surface area contributed by atoms with Crippen molar-refractivity contribution in [3.63, 3.8) is 0 Å². The Hall–Kier alpha value is -2.44. The van der Waals surface area contributed by atoms with Crippen LogP contribution in [0.15, 0.2) is 12.3 Å². The Morgan fingerprint density at radius 1 is 1.40 bits per heavy atom. The van der Waals surface area contributed by atoms with Crippen LogP contribution in [-0.2, 0) is 9.59 Å². The van der Waals surface area contributed by atoms with Gasteiger partial charge in [-0.3, -0.25) is 19.1 Å². The lowest BCUT2D eigenvalue weighted by atomic mass is 10.0. The Bertz CT molecular complexity index is 721. The normalized spacial score (nSPS) is 19.9. The molecular formula is C13H15N5O2. The van der Waals surface area contributed by atoms with Crippen molar-refractivity contribution in [1.82, 2.24) is 19.4 Å². The van der Waals surface area contributed by atoms with Gasteiger partial charge in [-0.05, 0) is 25.0 Å². The summed E-state index contributed by atoms with van der Waals surface area (Å²) in [5.41, 5.74) is 8.18. The molecule has 1 aliphatic heterocycles. The predicted molar refractivity (Wildman–Crippen MR) is 72.7 cm³/mol. The van der Waals surface area contributed by atoms with E-state index in [-0.39, 0.29) is 17.8 Å². The Balaban J connectivity index is 2.15. The third kappa shape index (κ3) is 1.66. The number of imide groups is 1. The zero-order chi connectivity index (χ0) is 14.4. The molecule has 20 heavy (non-hydrogen) atoms. The van der Waals surface area contributed by atoms with Gasteiger partial charge in [0.05, 0.1) is 0 Å². The van der Waals surface area contributed by atoms with Crippen LogP contribution >= 0.6 is 0 Å². The highest BCUT2D eigenvalue weighted by Gasteiger charge is 2.35. The summed E-state index contributed by atoms with van der Waals surface area (Å²) in [4.78, 5) is 33.6. The van der Waals surface area contributed by atoms with E-state index in [1.807, 2.05) is 13.0 Å². The van der Waals surface area contributed by atoms with Gasteiger partial charge in [-0.1, -0.05) is 0 Å². The Morgan fingerprint density at radius 3 is 2.90 bits per heavy atom. The highest BCUT2D eigenvalue weighted by atomic mass is 16.2. The number of pyridine rings is 1. The minimum absolute atomic E-state index is 0.168. The second-order valence-corrected chi connectivity index (χ2v) is 4.99. The summed E-state index contributed by atoms with van der Waals surface area (Å²) in [6.07, 6.45) is 2.41. The summed E-state index contributed by atoms with van der Waals surface area (Å²) >= 11 is 0. The molecule has 7 nitrogen and oxygen atoms in total. The van der Waals surface area contributed by atoms with Gasteiger partial charge in [-0.15, -0.1) is 0 Å². The molecule has 0 aromatic carbocycles. The van der Waals surface area contributed by atoms with Crippen LogP contribution in [0.1, 0.15) is 24.4 Å². The summed E-state index contributed by atoms with van der Waals surface area (Å²) in [7, 11) is 1.49. The molecular weight excluding hydrogens is 258 g/mol. The van der Waals surface area contributed by atoms with Crippen LogP contribution in [0.25, 0.3) is 11.2 Å². The third-order valence-electron chi connectivity index (χ3n) is 3.74. The number of piperidine rings is 1. The van der Waals surface area contributed by atoms with Gasteiger partial charge in [0.25, 0.3) is 5.91 Å². The van der Waals surface area contributed by atoms with Crippen LogP contribution in [0.2, 0.25) is 0 Å². The number of hydrogen-bond donors (Lipinski definition) is 1. The fourth-order valence-electron chi connectivity index (χ4n) is 2.57. The number of likely N-dealkylation sites (tertiary alicyclic amines) is 1. The Morgan fingerprint density at radius 2 is 2.15 bits per heavy atom. The fourth-order valence-corrected chi connectivity index (χ4v) is 2.57. The molecule has 0 saturated carbocycles. The number of imidazole rings is 1. The van der Waals surface area contributed by atoms with Gasteiger partial charge in [-0.25, -0.2) is 9.97 Å². The monoisotopic (exact) mass is 273 g/mol. The lowest BCUT2D eigenvalue weighted by molar-refractivity contribution is -0.149. The van der Waals surface area contributed by atoms with Gasteiger partial charge in [-0.2, -0.15) is 0 Å². The van der Waals surface area contributed by atoms with Crippen molar-refractivity contribution in [1.29, 1.82) is 0 Å². The number of rotatable bonds is 1. The number of hydrogen-bond acceptors (Lipinski definition) is 5. The van der Waals surface area contributed by atoms with Crippen molar-refractivity contribution >= 4 is 28.9 Å². The summed E-state index contributed by atoms with van der Waals surface area (Å²) in [6, 6.07) is 1.33. The maximum atomic E-state index is 12.3. The molecule has 0 aliphatic carbocycles. The minimum Gasteiger partial charge on any atom is -0.369 e. The highest BCUT2D eigenvalue weighted by molar-refractivity contribution is 6.00. The summed E-state index contributed by atoms with van der Waals surface area (Å²) in [5.74, 6) is -0.183. The molecule has 0 radical (unpaired) electrons. The van der Waals surface area contributed by atoms with Gasteiger partial charge in [0.15, 0.2) is 5.65 Å². The van der Waals surface area contributed by atoms with E-state index in [0.717, 1.165) is 10.5 Å². The van der Waals surface area contributed by atoms with Gasteiger partial charge in [0, 0.05) is 19.7 Å². The van der Waals surface area contributed by atoms with Crippen LogP contribution in [0, 0.1) is 6.92 Å². The van der Waals surface area contributed by atoms with Crippen LogP contribution in [-0.4, -0.2) is 38.3 Å². The number of nitrogens with two attached hydrogens (primary N) is 1. The van der Waals surface area contributed by atoms with Crippen molar-refractivity contribution in [3.8, 4) is 0 Å². The van der Waals surface area contributed by atoms with Crippen LogP contribution in [0.4, 0.5) is 5.95 Å². The number of carbonyl (C=O) groups excluding carboxylic acids is 2. The zero-order valence-electron chi connectivity index (χ0n) is 11.3. The molecule has 0 spiro atoms. The van der Waals surface area contributed by atoms with E-state index in [0.29, 0.717) is 24.0 Å². The molecule has 104 valence electrons. The lowest BCUT2D eigenvalue weighted by Gasteiger charge is -2.28. The van der Waals surface area contributed by atoms with E-state index in [1.165, 1.54) is 7.05 Å². The third-order valence-corrected chi connectivity index (χ3v) is 3.74. The molecule has 1 fully saturated rings. The topological polar surface area (TPSA) is 94.1 Å². The van der Waals surface area contributed by atoms with E-state index >= 15 is 0 Å². The molecule has 1 atom stereocenters. The Kier molecular flexibility index (Phi) is 2.70. The average molecular weight is 273 g/mol. The zero-order valence-corrected chi connectivity index (χ0v) is 11.3. The van der Waals surface area contributed by atoms with Crippen LogP contribution < -0.4 is 5.73 Å². The SMILES string of the molecule is Cc1ccnc2c1nc(N)n2C1CCC(=O)N(C)C1=O. The van der Waals surface area contributed by atoms with E-state index in [1.54, 1.807) is 10.8 Å². The number of aromatic nitrogens is 3. The first-order valence-corrected chi connectivity index (χ1v) is 6.40. The quantitative estimate of drug-likeness (QED) is 0.769. The minimum atomic E-state index is -0.517. The number of amides is 2. The second kappa shape index (κ2) is 4.29. The molecule has 1 unspecified atom stereocenters. The van der Waals surface area contributed by atoms with Gasteiger partial charge in [0.1, 0.15) is 11.6 Å². The summed E-state index contributed by atoms with van der Waals surface area (Å²) < 4.78 is 1.63. The average Bonchev–Trinajstić information content (AvgIpc) is 2.75. The van der Waals surface area contributed by atoms with E-state index in [4.69, 9.17) is 5.73 Å². The first kappa shape index (κ1) is 12.6. The molecule has 3 rings (SSSR count). The van der Waals surface area contributed by atoms with Crippen molar-refractivity contribution in [2.75, 3.05) is 12.8 Å². The fraction of sp³-hybridized carbons (Fsp3) is 0.385. The number of likely N-dealkylation sites (N-methyl/N-ethyl adjacent to an activating group) is 1. The molecule has 2 aromatic heterocycles.